The van der Waals surface area contributed by atoms with Crippen LogP contribution in [0.25, 0.3) is 0 Å². The number of hydrogen-bond acceptors (Lipinski definition) is 14. The lowest BCUT2D eigenvalue weighted by Gasteiger charge is -2.23. The Morgan fingerprint density at radius 3 is 1.56 bits per heavy atom. The summed E-state index contributed by atoms with van der Waals surface area (Å²) in [5.41, 5.74) is 11.0. The molecule has 3 aromatic carbocycles. The van der Waals surface area contributed by atoms with Gasteiger partial charge in [0.25, 0.3) is 30.4 Å². The lowest BCUT2D eigenvalue weighted by atomic mass is 9.98. The maximum absolute atomic E-state index is 13.6. The predicted molar refractivity (Wildman–Crippen MR) is 189 cm³/mol. The number of nitrogens with zero attached hydrogens (tertiary/aromatic N) is 3. The van der Waals surface area contributed by atoms with Crippen molar-refractivity contribution in [1.82, 2.24) is 0 Å². The third-order valence-corrected chi connectivity index (χ3v) is 9.95. The van der Waals surface area contributed by atoms with Crippen LogP contribution in [-0.4, -0.2) is 98.9 Å². The molecule has 0 spiro atoms. The number of hydrogen-bond donors (Lipinski definition) is 7. The Bertz CT molecular complexity index is 2120. The molecule has 18 nitrogen and oxygen atoms in total. The van der Waals surface area contributed by atoms with E-state index in [0.29, 0.717) is 11.4 Å². The second-order valence-corrected chi connectivity index (χ2v) is 15.8. The molecule has 8 N–H and O–H groups in total. The van der Waals surface area contributed by atoms with Crippen LogP contribution in [0.5, 0.6) is 0 Å². The molecule has 274 valence electrons. The van der Waals surface area contributed by atoms with Gasteiger partial charge in [-0.05, 0) is 55.0 Å². The van der Waals surface area contributed by atoms with Crippen molar-refractivity contribution in [3.8, 4) is 0 Å². The van der Waals surface area contributed by atoms with Crippen molar-refractivity contribution in [2.45, 2.75) is 33.6 Å². The summed E-state index contributed by atoms with van der Waals surface area (Å²) >= 11 is 0. The second-order valence-electron chi connectivity index (χ2n) is 11.6. The molecule has 0 aliphatic rings. The molecule has 0 aliphatic carbocycles. The van der Waals surface area contributed by atoms with Gasteiger partial charge in [-0.1, -0.05) is 0 Å². The van der Waals surface area contributed by atoms with E-state index in [1.807, 2.05) is 0 Å². The molecule has 3 aromatic rings. The van der Waals surface area contributed by atoms with E-state index in [-0.39, 0.29) is 35.5 Å². The topological polar surface area (TPSA) is 269 Å². The number of nitrogens with two attached hydrogens (primary N) is 1. The van der Waals surface area contributed by atoms with Gasteiger partial charge < -0.3 is 25.8 Å². The average molecular weight is 758 g/mol. The standard InChI is InChI=1S/C29H39N7O11S3/c1-34(2)17-7-10-21(25(13-17)48(39,40)41)31-28(37)12-9-20(30)29(38)19-15-23(27(50(45,46)47)16-24(19)36(5)6)33-32-22-11-8-18(35(3)4)14-26(22)49(42,43)44/h7-8,10-11,13-16,20,32-33H,9,12,30H2,1-6H3,(H,31,37)(H,39,40,41)(H,42,43,44)(H,45,46,47). The summed E-state index contributed by atoms with van der Waals surface area (Å²) in [4.78, 5) is 29.1. The van der Waals surface area contributed by atoms with Crippen molar-refractivity contribution in [2.75, 3.05) is 73.2 Å². The fourth-order valence-corrected chi connectivity index (χ4v) is 6.61. The van der Waals surface area contributed by atoms with E-state index in [1.54, 1.807) is 38.0 Å². The van der Waals surface area contributed by atoms with Gasteiger partial charge in [-0.2, -0.15) is 25.3 Å². The summed E-state index contributed by atoms with van der Waals surface area (Å²) in [5, 5.41) is 2.39. The highest BCUT2D eigenvalue weighted by Crippen LogP contribution is 2.33. The van der Waals surface area contributed by atoms with Crippen LogP contribution >= 0.6 is 0 Å². The molecule has 0 fully saturated rings. The molecule has 0 saturated heterocycles. The van der Waals surface area contributed by atoms with E-state index in [4.69, 9.17) is 5.73 Å². The van der Waals surface area contributed by atoms with E-state index in [2.05, 4.69) is 16.2 Å². The minimum absolute atomic E-state index is 0.0146. The Morgan fingerprint density at radius 2 is 1.10 bits per heavy atom. The first-order valence-electron chi connectivity index (χ1n) is 14.4. The molecule has 0 saturated carbocycles. The number of ketones is 1. The minimum Gasteiger partial charge on any atom is -0.378 e. The maximum atomic E-state index is 13.6. The Labute approximate surface area is 290 Å². The molecular formula is C29H39N7O11S3. The summed E-state index contributed by atoms with van der Waals surface area (Å²) in [6.45, 7) is 0. The summed E-state index contributed by atoms with van der Waals surface area (Å²) in [6, 6.07) is 8.62. The Hall–Kier alpha value is -4.51. The quantitative estimate of drug-likeness (QED) is 0.0663. The first-order chi connectivity index (χ1) is 22.9. The highest BCUT2D eigenvalue weighted by molar-refractivity contribution is 7.86. The summed E-state index contributed by atoms with van der Waals surface area (Å²) in [6.07, 6.45) is -0.632. The SMILES string of the molecule is CN(C)c1ccc(NNc2cc(C(=O)C(N)CCC(=O)Nc3ccc(N(C)C)cc3S(=O)(=O)O)c(N(C)C)cc2S(=O)(=O)O)c(S(=O)(=O)O)c1. The highest BCUT2D eigenvalue weighted by Gasteiger charge is 2.27. The number of amides is 1. The van der Waals surface area contributed by atoms with Gasteiger partial charge in [-0.25, -0.2) is 0 Å². The van der Waals surface area contributed by atoms with Crippen molar-refractivity contribution in [3.05, 3.63) is 54.1 Å². The normalized spacial score (nSPS) is 12.5. The van der Waals surface area contributed by atoms with Crippen LogP contribution in [0.1, 0.15) is 23.2 Å². The second kappa shape index (κ2) is 15.2. The number of benzene rings is 3. The summed E-state index contributed by atoms with van der Waals surface area (Å²) in [5.74, 6) is -1.49. The molecule has 0 bridgehead atoms. The van der Waals surface area contributed by atoms with Crippen LogP contribution in [0, 0.1) is 0 Å². The molecule has 50 heavy (non-hydrogen) atoms. The van der Waals surface area contributed by atoms with Crippen LogP contribution in [0.3, 0.4) is 0 Å². The van der Waals surface area contributed by atoms with Gasteiger partial charge in [0.05, 0.1) is 23.1 Å². The van der Waals surface area contributed by atoms with Gasteiger partial charge in [-0.15, -0.1) is 0 Å². The molecule has 0 aliphatic heterocycles. The lowest BCUT2D eigenvalue weighted by molar-refractivity contribution is -0.116. The average Bonchev–Trinajstić information content (AvgIpc) is 3.00. The number of Topliss-reactive ketones (excluding diaryl/α,β-unsaturated/α-hetero) is 1. The number of carbonyl (C=O) groups is 2. The smallest absolute Gasteiger partial charge is 0.296 e. The maximum Gasteiger partial charge on any atom is 0.296 e. The molecule has 1 unspecified atom stereocenters. The predicted octanol–water partition coefficient (Wildman–Crippen LogP) is 1.99. The number of anilines is 6. The Morgan fingerprint density at radius 1 is 0.660 bits per heavy atom. The van der Waals surface area contributed by atoms with Crippen LogP contribution in [-0.2, 0) is 35.1 Å². The van der Waals surface area contributed by atoms with Gasteiger partial charge >= 0.3 is 0 Å². The van der Waals surface area contributed by atoms with Gasteiger partial charge in [0, 0.05) is 71.3 Å². The van der Waals surface area contributed by atoms with Gasteiger partial charge in [0.15, 0.2) is 5.78 Å². The molecular weight excluding hydrogens is 719 g/mol. The van der Waals surface area contributed by atoms with Crippen molar-refractivity contribution < 1.29 is 48.5 Å². The number of hydrazine groups is 1. The van der Waals surface area contributed by atoms with Crippen molar-refractivity contribution in [1.29, 1.82) is 0 Å². The highest BCUT2D eigenvalue weighted by atomic mass is 32.2. The van der Waals surface area contributed by atoms with Gasteiger partial charge in [-0.3, -0.25) is 34.1 Å². The number of rotatable bonds is 15. The van der Waals surface area contributed by atoms with Crippen molar-refractivity contribution in [3.63, 3.8) is 0 Å². The van der Waals surface area contributed by atoms with Crippen LogP contribution in [0.15, 0.2) is 63.2 Å². The third-order valence-electron chi connectivity index (χ3n) is 7.27. The van der Waals surface area contributed by atoms with Crippen LogP contribution < -0.4 is 36.6 Å². The van der Waals surface area contributed by atoms with Crippen LogP contribution in [0.2, 0.25) is 0 Å². The van der Waals surface area contributed by atoms with Crippen molar-refractivity contribution in [2.24, 2.45) is 5.73 Å². The van der Waals surface area contributed by atoms with E-state index >= 15 is 0 Å². The molecule has 3 rings (SSSR count). The molecule has 0 aromatic heterocycles. The molecule has 0 radical (unpaired) electrons. The van der Waals surface area contributed by atoms with E-state index in [9.17, 15) is 48.5 Å². The van der Waals surface area contributed by atoms with Gasteiger partial charge in [0.2, 0.25) is 5.91 Å². The van der Waals surface area contributed by atoms with E-state index in [1.165, 1.54) is 49.3 Å². The van der Waals surface area contributed by atoms with Crippen molar-refractivity contribution >= 4 is 76.2 Å². The Kier molecular flexibility index (Phi) is 12.1. The van der Waals surface area contributed by atoms with E-state index in [0.717, 1.165) is 18.2 Å². The van der Waals surface area contributed by atoms with Crippen LogP contribution in [0.4, 0.5) is 34.1 Å². The summed E-state index contributed by atoms with van der Waals surface area (Å²) in [7, 11) is -4.90. The zero-order valence-corrected chi connectivity index (χ0v) is 30.3. The molecule has 0 heterocycles. The molecule has 1 atom stereocenters. The zero-order chi connectivity index (χ0) is 37.9. The fraction of sp³-hybridized carbons (Fsp3) is 0.310. The lowest BCUT2D eigenvalue weighted by Crippen LogP contribution is -2.33. The first-order valence-corrected chi connectivity index (χ1v) is 18.8. The summed E-state index contributed by atoms with van der Waals surface area (Å²) < 4.78 is 102. The fourth-order valence-electron chi connectivity index (χ4n) is 4.62. The van der Waals surface area contributed by atoms with Gasteiger partial charge in [0.1, 0.15) is 14.7 Å². The number of carbonyl (C=O) groups excluding carboxylic acids is 2. The number of nitrogens with one attached hydrogen (secondary N) is 3. The third kappa shape index (κ3) is 9.80. The molecule has 21 heteroatoms. The largest absolute Gasteiger partial charge is 0.378 e. The first kappa shape index (κ1) is 39.9. The Balaban J connectivity index is 1.93. The zero-order valence-electron chi connectivity index (χ0n) is 27.9. The monoisotopic (exact) mass is 757 g/mol. The minimum atomic E-state index is -4.95. The van der Waals surface area contributed by atoms with E-state index < -0.39 is 68.5 Å². The molecule has 1 amide bonds.